The van der Waals surface area contributed by atoms with E-state index in [9.17, 15) is 4.79 Å². The van der Waals surface area contributed by atoms with Crippen molar-refractivity contribution >= 4 is 34.9 Å². The van der Waals surface area contributed by atoms with E-state index < -0.39 is 5.97 Å². The Labute approximate surface area is 187 Å². The van der Waals surface area contributed by atoms with Gasteiger partial charge in [0.25, 0.3) is 0 Å². The monoisotopic (exact) mass is 435 g/mol. The Bertz CT molecular complexity index is 1060. The highest BCUT2D eigenvalue weighted by Gasteiger charge is 2.15. The minimum Gasteiger partial charge on any atom is -0.481 e. The molecule has 0 spiro atoms. The van der Waals surface area contributed by atoms with Crippen molar-refractivity contribution in [2.75, 3.05) is 5.32 Å². The number of hydrogen-bond acceptors (Lipinski definition) is 5. The first-order valence-corrected chi connectivity index (χ1v) is 11.6. The lowest BCUT2D eigenvalue weighted by atomic mass is 10.1. The number of anilines is 2. The number of aliphatic carboxylic acids is 1. The molecule has 0 saturated heterocycles. The zero-order valence-electron chi connectivity index (χ0n) is 18.3. The zero-order chi connectivity index (χ0) is 22.2. The van der Waals surface area contributed by atoms with Crippen molar-refractivity contribution in [2.24, 2.45) is 0 Å². The third-order valence-electron chi connectivity index (χ3n) is 4.94. The van der Waals surface area contributed by atoms with Crippen LogP contribution in [0.3, 0.4) is 0 Å². The van der Waals surface area contributed by atoms with Gasteiger partial charge in [-0.25, -0.2) is 9.97 Å². The Hall–Kier alpha value is -2.99. The van der Waals surface area contributed by atoms with Gasteiger partial charge >= 0.3 is 5.97 Å². The summed E-state index contributed by atoms with van der Waals surface area (Å²) in [4.78, 5) is 22.9. The average molecular weight is 436 g/mol. The standard InChI is InChI=1S/C25H29N3O2S/c1-4-7-8-9-19-14-15-22(31-19)25-27-21(6-3)20(5-2)24(28-25)26-18-12-10-17(11-13-18)16-23(29)30/h8-15H,4-7,16H2,1-3H3,(H,29,30)(H,26,27,28). The summed E-state index contributed by atoms with van der Waals surface area (Å²) < 4.78 is 0. The fraction of sp³-hybridized carbons (Fsp3) is 0.320. The molecule has 3 rings (SSSR count). The normalized spacial score (nSPS) is 11.2. The van der Waals surface area contributed by atoms with Gasteiger partial charge in [0.1, 0.15) is 5.82 Å². The lowest BCUT2D eigenvalue weighted by Gasteiger charge is -2.15. The number of aromatic nitrogens is 2. The number of aryl methyl sites for hydroxylation is 1. The van der Waals surface area contributed by atoms with E-state index >= 15 is 0 Å². The van der Waals surface area contributed by atoms with E-state index in [-0.39, 0.29) is 6.42 Å². The first-order valence-electron chi connectivity index (χ1n) is 10.8. The quantitative estimate of drug-likeness (QED) is 0.379. The molecule has 0 saturated carbocycles. The van der Waals surface area contributed by atoms with Crippen molar-refractivity contribution in [3.63, 3.8) is 0 Å². The Kier molecular flexibility index (Phi) is 7.95. The number of carboxylic acid groups (broad SMARTS) is 1. The maximum atomic E-state index is 10.9. The summed E-state index contributed by atoms with van der Waals surface area (Å²) in [6.07, 6.45) is 8.27. The maximum Gasteiger partial charge on any atom is 0.307 e. The van der Waals surface area contributed by atoms with Crippen molar-refractivity contribution in [1.29, 1.82) is 0 Å². The molecule has 0 unspecified atom stereocenters. The number of nitrogens with one attached hydrogen (secondary N) is 1. The fourth-order valence-corrected chi connectivity index (χ4v) is 4.23. The van der Waals surface area contributed by atoms with E-state index in [0.717, 1.165) is 64.7 Å². The number of rotatable bonds is 10. The van der Waals surface area contributed by atoms with E-state index in [2.05, 4.69) is 50.4 Å². The summed E-state index contributed by atoms with van der Waals surface area (Å²) in [6, 6.07) is 11.7. The number of unbranched alkanes of at least 4 members (excludes halogenated alkanes) is 1. The molecule has 162 valence electrons. The summed E-state index contributed by atoms with van der Waals surface area (Å²) in [5.41, 5.74) is 3.81. The largest absolute Gasteiger partial charge is 0.481 e. The minimum atomic E-state index is -0.832. The number of benzene rings is 1. The Morgan fingerprint density at radius 1 is 1.06 bits per heavy atom. The average Bonchev–Trinajstić information content (AvgIpc) is 3.23. The van der Waals surface area contributed by atoms with Gasteiger partial charge in [0.05, 0.1) is 11.3 Å². The molecule has 0 amide bonds. The molecule has 0 bridgehead atoms. The van der Waals surface area contributed by atoms with Crippen LogP contribution in [0.15, 0.2) is 42.5 Å². The van der Waals surface area contributed by atoms with E-state index in [0.29, 0.717) is 0 Å². The lowest BCUT2D eigenvalue weighted by Crippen LogP contribution is -2.07. The van der Waals surface area contributed by atoms with E-state index in [4.69, 9.17) is 15.1 Å². The summed E-state index contributed by atoms with van der Waals surface area (Å²) in [5, 5.41) is 12.4. The second-order valence-electron chi connectivity index (χ2n) is 7.31. The Morgan fingerprint density at radius 2 is 1.84 bits per heavy atom. The summed E-state index contributed by atoms with van der Waals surface area (Å²) >= 11 is 1.70. The highest BCUT2D eigenvalue weighted by atomic mass is 32.1. The molecule has 31 heavy (non-hydrogen) atoms. The van der Waals surface area contributed by atoms with Crippen LogP contribution in [0.2, 0.25) is 0 Å². The highest BCUT2D eigenvalue weighted by Crippen LogP contribution is 2.31. The minimum absolute atomic E-state index is 0.0194. The smallest absolute Gasteiger partial charge is 0.307 e. The van der Waals surface area contributed by atoms with E-state index in [1.165, 1.54) is 4.88 Å². The predicted molar refractivity (Wildman–Crippen MR) is 129 cm³/mol. The lowest BCUT2D eigenvalue weighted by molar-refractivity contribution is -0.136. The van der Waals surface area contributed by atoms with Crippen LogP contribution in [0.1, 0.15) is 55.3 Å². The SMILES string of the molecule is CCCC=Cc1ccc(-c2nc(CC)c(CC)c(Nc3ccc(CC(=O)O)cc3)n2)s1. The molecule has 6 heteroatoms. The molecule has 3 aromatic rings. The first kappa shape index (κ1) is 22.7. The molecule has 0 aliphatic rings. The second-order valence-corrected chi connectivity index (χ2v) is 8.43. The van der Waals surface area contributed by atoms with Crippen LogP contribution in [0.5, 0.6) is 0 Å². The van der Waals surface area contributed by atoms with Crippen molar-refractivity contribution in [1.82, 2.24) is 9.97 Å². The number of carboxylic acids is 1. The van der Waals surface area contributed by atoms with Crippen molar-refractivity contribution in [2.45, 2.75) is 52.9 Å². The van der Waals surface area contributed by atoms with Gasteiger partial charge in [0.15, 0.2) is 5.82 Å². The summed E-state index contributed by atoms with van der Waals surface area (Å²) in [7, 11) is 0. The Morgan fingerprint density at radius 3 is 2.48 bits per heavy atom. The molecular formula is C25H29N3O2S. The molecule has 0 aliphatic carbocycles. The highest BCUT2D eigenvalue weighted by molar-refractivity contribution is 7.16. The topological polar surface area (TPSA) is 75.1 Å². The van der Waals surface area contributed by atoms with Gasteiger partial charge < -0.3 is 10.4 Å². The zero-order valence-corrected chi connectivity index (χ0v) is 19.1. The molecule has 5 nitrogen and oxygen atoms in total. The maximum absolute atomic E-state index is 10.9. The molecule has 0 radical (unpaired) electrons. The van der Waals surface area contributed by atoms with Crippen LogP contribution >= 0.6 is 11.3 Å². The van der Waals surface area contributed by atoms with Crippen molar-refractivity contribution in [3.8, 4) is 10.7 Å². The molecule has 0 fully saturated rings. The van der Waals surface area contributed by atoms with Gasteiger partial charge in [-0.2, -0.15) is 0 Å². The number of hydrogen-bond donors (Lipinski definition) is 2. The van der Waals surface area contributed by atoms with Crippen molar-refractivity contribution in [3.05, 3.63) is 64.2 Å². The number of thiophene rings is 1. The van der Waals surface area contributed by atoms with Crippen molar-refractivity contribution < 1.29 is 9.90 Å². The van der Waals surface area contributed by atoms with Gasteiger partial charge in [-0.3, -0.25) is 4.79 Å². The van der Waals surface area contributed by atoms with Crippen LogP contribution in [0.25, 0.3) is 16.8 Å². The van der Waals surface area contributed by atoms with E-state index in [1.807, 2.05) is 24.3 Å². The molecular weight excluding hydrogens is 406 g/mol. The summed E-state index contributed by atoms with van der Waals surface area (Å²) in [5.74, 6) is 0.716. The van der Waals surface area contributed by atoms with Gasteiger partial charge in [-0.15, -0.1) is 11.3 Å². The third kappa shape index (κ3) is 6.01. The van der Waals surface area contributed by atoms with Gasteiger partial charge in [-0.1, -0.05) is 45.4 Å². The molecule has 2 heterocycles. The van der Waals surface area contributed by atoms with Crippen LogP contribution in [-0.2, 0) is 24.1 Å². The van der Waals surface area contributed by atoms with Gasteiger partial charge in [-0.05, 0) is 55.2 Å². The van der Waals surface area contributed by atoms with Gasteiger partial charge in [0.2, 0.25) is 0 Å². The Balaban J connectivity index is 1.91. The molecule has 0 atom stereocenters. The van der Waals surface area contributed by atoms with Gasteiger partial charge in [0, 0.05) is 21.8 Å². The van der Waals surface area contributed by atoms with Crippen LogP contribution in [0.4, 0.5) is 11.5 Å². The predicted octanol–water partition coefficient (Wildman–Crippen LogP) is 6.51. The summed E-state index contributed by atoms with van der Waals surface area (Å²) in [6.45, 7) is 6.40. The molecule has 2 aromatic heterocycles. The molecule has 2 N–H and O–H groups in total. The first-order chi connectivity index (χ1) is 15.0. The fourth-order valence-electron chi connectivity index (χ4n) is 3.35. The van der Waals surface area contributed by atoms with Crippen LogP contribution < -0.4 is 5.32 Å². The molecule has 0 aliphatic heterocycles. The molecule has 1 aromatic carbocycles. The number of carbonyl (C=O) groups is 1. The second kappa shape index (κ2) is 10.9. The van der Waals surface area contributed by atoms with E-state index in [1.54, 1.807) is 11.3 Å². The van der Waals surface area contributed by atoms with Crippen LogP contribution in [0, 0.1) is 0 Å². The third-order valence-corrected chi connectivity index (χ3v) is 5.98. The number of nitrogens with zero attached hydrogens (tertiary/aromatic N) is 2. The van der Waals surface area contributed by atoms with Crippen LogP contribution in [-0.4, -0.2) is 21.0 Å². The number of allylic oxidation sites excluding steroid dienone is 1.